The summed E-state index contributed by atoms with van der Waals surface area (Å²) in [6.45, 7) is 3.11. The monoisotopic (exact) mass is 444 g/mol. The Kier molecular flexibility index (Phi) is 6.38. The van der Waals surface area contributed by atoms with Gasteiger partial charge >= 0.3 is 0 Å². The fourth-order valence-corrected chi connectivity index (χ4v) is 3.97. The van der Waals surface area contributed by atoms with Crippen molar-refractivity contribution in [1.29, 1.82) is 0 Å². The van der Waals surface area contributed by atoms with Crippen molar-refractivity contribution in [1.82, 2.24) is 4.72 Å². The van der Waals surface area contributed by atoms with E-state index < -0.39 is 27.8 Å². The molecule has 0 radical (unpaired) electrons. The van der Waals surface area contributed by atoms with Crippen molar-refractivity contribution in [3.8, 4) is 5.75 Å². The molecule has 0 bridgehead atoms. The number of benzene rings is 2. The smallest absolute Gasteiger partial charge is 0.244 e. The summed E-state index contributed by atoms with van der Waals surface area (Å²) in [7, 11) is -2.66. The van der Waals surface area contributed by atoms with Gasteiger partial charge in [-0.25, -0.2) is 12.8 Å². The van der Waals surface area contributed by atoms with E-state index in [1.165, 1.54) is 38.3 Å². The number of methoxy groups -OCH3 is 1. The lowest BCUT2D eigenvalue weighted by molar-refractivity contribution is -0.117. The number of rotatable bonds is 6. The highest BCUT2D eigenvalue weighted by Gasteiger charge is 2.25. The number of ether oxygens (including phenoxy) is 1. The molecule has 0 aliphatic rings. The van der Waals surface area contributed by atoms with Gasteiger partial charge in [0.2, 0.25) is 15.9 Å². The number of sulfonamides is 1. The summed E-state index contributed by atoms with van der Waals surface area (Å²) in [5, 5.41) is 2.36. The molecule has 0 saturated carbocycles. The van der Waals surface area contributed by atoms with E-state index in [0.29, 0.717) is 4.47 Å². The maximum absolute atomic E-state index is 13.8. The molecule has 0 aliphatic carbocycles. The van der Waals surface area contributed by atoms with Gasteiger partial charge in [0, 0.05) is 4.47 Å². The predicted molar refractivity (Wildman–Crippen MR) is 100 cm³/mol. The number of amides is 1. The van der Waals surface area contributed by atoms with Crippen molar-refractivity contribution < 1.29 is 22.3 Å². The Balaban J connectivity index is 2.18. The van der Waals surface area contributed by atoms with Crippen LogP contribution >= 0.6 is 15.9 Å². The Morgan fingerprint density at radius 1 is 1.23 bits per heavy atom. The van der Waals surface area contributed by atoms with Crippen LogP contribution in [0.4, 0.5) is 10.1 Å². The van der Waals surface area contributed by atoms with E-state index in [4.69, 9.17) is 4.74 Å². The zero-order valence-electron chi connectivity index (χ0n) is 14.3. The van der Waals surface area contributed by atoms with Crippen LogP contribution in [0.2, 0.25) is 0 Å². The van der Waals surface area contributed by atoms with Crippen LogP contribution < -0.4 is 14.8 Å². The van der Waals surface area contributed by atoms with Gasteiger partial charge in [0.05, 0.1) is 18.8 Å². The number of carbonyl (C=O) groups excluding carboxylic acids is 1. The Hall–Kier alpha value is -1.97. The van der Waals surface area contributed by atoms with E-state index in [1.807, 2.05) is 0 Å². The second-order valence-electron chi connectivity index (χ2n) is 5.61. The highest BCUT2D eigenvalue weighted by Crippen LogP contribution is 2.25. The molecule has 1 atom stereocenters. The molecule has 140 valence electrons. The number of hydrogen-bond acceptors (Lipinski definition) is 4. The summed E-state index contributed by atoms with van der Waals surface area (Å²) in [4.78, 5) is 12.2. The summed E-state index contributed by atoms with van der Waals surface area (Å²) in [6.07, 6.45) is 0. The molecule has 0 aliphatic heterocycles. The molecule has 2 aromatic carbocycles. The fourth-order valence-electron chi connectivity index (χ4n) is 2.18. The van der Waals surface area contributed by atoms with E-state index in [-0.39, 0.29) is 16.3 Å². The maximum Gasteiger partial charge on any atom is 0.244 e. The fraction of sp³-hybridized carbons (Fsp3) is 0.235. The van der Waals surface area contributed by atoms with Crippen molar-refractivity contribution >= 4 is 37.5 Å². The lowest BCUT2D eigenvalue weighted by Gasteiger charge is -2.16. The average molecular weight is 445 g/mol. The van der Waals surface area contributed by atoms with Crippen LogP contribution in [0.1, 0.15) is 12.5 Å². The van der Waals surface area contributed by atoms with Gasteiger partial charge in [0.1, 0.15) is 16.5 Å². The summed E-state index contributed by atoms with van der Waals surface area (Å²) in [5.41, 5.74) is 0.678. The number of halogens is 2. The molecule has 6 nitrogen and oxygen atoms in total. The maximum atomic E-state index is 13.8. The number of aryl methyl sites for hydroxylation is 1. The molecule has 0 fully saturated rings. The largest absolute Gasteiger partial charge is 0.495 e. The van der Waals surface area contributed by atoms with Crippen LogP contribution in [-0.2, 0) is 14.8 Å². The molecule has 0 spiro atoms. The Morgan fingerprint density at radius 3 is 2.54 bits per heavy atom. The molecule has 0 aromatic heterocycles. The lowest BCUT2D eigenvalue weighted by atomic mass is 10.2. The average Bonchev–Trinajstić information content (AvgIpc) is 2.56. The highest BCUT2D eigenvalue weighted by molar-refractivity contribution is 9.10. The zero-order chi connectivity index (χ0) is 19.5. The SMILES string of the molecule is COc1ccc(C)cc1S(=O)(=O)N[C@@H](C)C(=O)Nc1ccc(Br)cc1F. The molecular weight excluding hydrogens is 427 g/mol. The minimum atomic E-state index is -4.02. The number of nitrogens with one attached hydrogen (secondary N) is 2. The molecule has 2 N–H and O–H groups in total. The van der Waals surface area contributed by atoms with Crippen LogP contribution in [0.5, 0.6) is 5.75 Å². The first-order valence-electron chi connectivity index (χ1n) is 7.57. The van der Waals surface area contributed by atoms with E-state index in [0.717, 1.165) is 5.56 Å². The summed E-state index contributed by atoms with van der Waals surface area (Å²) in [6, 6.07) is 7.69. The third-order valence-electron chi connectivity index (χ3n) is 3.52. The topological polar surface area (TPSA) is 84.5 Å². The van der Waals surface area contributed by atoms with Gasteiger partial charge in [-0.15, -0.1) is 0 Å². The van der Waals surface area contributed by atoms with Gasteiger partial charge in [-0.3, -0.25) is 4.79 Å². The van der Waals surface area contributed by atoms with Crippen LogP contribution in [0, 0.1) is 12.7 Å². The molecular formula is C17H18BrFN2O4S. The second kappa shape index (κ2) is 8.15. The summed E-state index contributed by atoms with van der Waals surface area (Å²) in [5.74, 6) is -1.17. The van der Waals surface area contributed by atoms with Crippen molar-refractivity contribution in [2.75, 3.05) is 12.4 Å². The zero-order valence-corrected chi connectivity index (χ0v) is 16.7. The van der Waals surface area contributed by atoms with Gasteiger partial charge in [-0.2, -0.15) is 4.72 Å². The number of anilines is 1. The molecule has 2 aromatic rings. The summed E-state index contributed by atoms with van der Waals surface area (Å²) >= 11 is 3.12. The van der Waals surface area contributed by atoms with E-state index in [9.17, 15) is 17.6 Å². The molecule has 26 heavy (non-hydrogen) atoms. The summed E-state index contributed by atoms with van der Waals surface area (Å²) < 4.78 is 46.9. The van der Waals surface area contributed by atoms with Crippen molar-refractivity contribution in [3.05, 3.63) is 52.3 Å². The van der Waals surface area contributed by atoms with Gasteiger partial charge in [0.25, 0.3) is 0 Å². The highest BCUT2D eigenvalue weighted by atomic mass is 79.9. The molecule has 0 heterocycles. The van der Waals surface area contributed by atoms with Crippen molar-refractivity contribution in [3.63, 3.8) is 0 Å². The molecule has 2 rings (SSSR count). The van der Waals surface area contributed by atoms with Gasteiger partial charge in [-0.1, -0.05) is 22.0 Å². The van der Waals surface area contributed by atoms with E-state index >= 15 is 0 Å². The minimum Gasteiger partial charge on any atom is -0.495 e. The second-order valence-corrected chi connectivity index (χ2v) is 8.21. The quantitative estimate of drug-likeness (QED) is 0.716. The van der Waals surface area contributed by atoms with Gasteiger partial charge in [0.15, 0.2) is 0 Å². The minimum absolute atomic E-state index is 0.0441. The van der Waals surface area contributed by atoms with Crippen LogP contribution in [-0.4, -0.2) is 27.5 Å². The van der Waals surface area contributed by atoms with Crippen molar-refractivity contribution in [2.45, 2.75) is 24.8 Å². The number of carbonyl (C=O) groups is 1. The Bertz CT molecular complexity index is 934. The third-order valence-corrected chi connectivity index (χ3v) is 5.58. The first-order valence-corrected chi connectivity index (χ1v) is 9.84. The lowest BCUT2D eigenvalue weighted by Crippen LogP contribution is -2.41. The normalized spacial score (nSPS) is 12.5. The molecule has 9 heteroatoms. The third kappa shape index (κ3) is 4.80. The van der Waals surface area contributed by atoms with Gasteiger partial charge in [-0.05, 0) is 49.7 Å². The Morgan fingerprint density at radius 2 is 1.92 bits per heavy atom. The van der Waals surface area contributed by atoms with Gasteiger partial charge < -0.3 is 10.1 Å². The molecule has 0 saturated heterocycles. The predicted octanol–water partition coefficient (Wildman–Crippen LogP) is 3.21. The van der Waals surface area contributed by atoms with Crippen LogP contribution in [0.25, 0.3) is 0 Å². The number of hydrogen-bond donors (Lipinski definition) is 2. The molecule has 1 amide bonds. The standard InChI is InChI=1S/C17H18BrFN2O4S/c1-10-4-7-15(25-3)16(8-10)26(23,24)21-11(2)17(22)20-14-6-5-12(18)9-13(14)19/h4-9,11,21H,1-3H3,(H,20,22)/t11-/m0/s1. The van der Waals surface area contributed by atoms with Crippen LogP contribution in [0.3, 0.4) is 0 Å². The first kappa shape index (κ1) is 20.3. The molecule has 0 unspecified atom stereocenters. The van der Waals surface area contributed by atoms with Crippen LogP contribution in [0.15, 0.2) is 45.8 Å². The van der Waals surface area contributed by atoms with E-state index in [1.54, 1.807) is 19.1 Å². The first-order chi connectivity index (χ1) is 12.1. The van der Waals surface area contributed by atoms with Crippen molar-refractivity contribution in [2.24, 2.45) is 0 Å². The Labute approximate surface area is 159 Å². The van der Waals surface area contributed by atoms with E-state index in [2.05, 4.69) is 26.0 Å².